The van der Waals surface area contributed by atoms with Crippen molar-refractivity contribution in [3.05, 3.63) is 70.5 Å². The van der Waals surface area contributed by atoms with Crippen molar-refractivity contribution in [2.75, 3.05) is 13.7 Å². The van der Waals surface area contributed by atoms with Crippen LogP contribution < -0.4 is 0 Å². The van der Waals surface area contributed by atoms with Crippen LogP contribution in [0.3, 0.4) is 0 Å². The van der Waals surface area contributed by atoms with Gasteiger partial charge in [0.05, 0.1) is 5.51 Å². The number of aromatic nitrogens is 1. The molecule has 0 radical (unpaired) electrons. The number of nitrogens with zero attached hydrogens (tertiary/aromatic N) is 2. The molecule has 0 fully saturated rings. The van der Waals surface area contributed by atoms with Gasteiger partial charge in [0, 0.05) is 18.3 Å². The van der Waals surface area contributed by atoms with Crippen molar-refractivity contribution >= 4 is 35.2 Å². The van der Waals surface area contributed by atoms with Crippen molar-refractivity contribution in [2.45, 2.75) is 16.3 Å². The van der Waals surface area contributed by atoms with Gasteiger partial charge in [0.15, 0.2) is 5.37 Å². The highest BCUT2D eigenvalue weighted by Crippen LogP contribution is 2.44. The van der Waals surface area contributed by atoms with E-state index in [9.17, 15) is 14.7 Å². The van der Waals surface area contributed by atoms with Gasteiger partial charge in [0.2, 0.25) is 0 Å². The number of hydrogen-bond acceptors (Lipinski definition) is 6. The Hall–Kier alpha value is -2.84. The van der Waals surface area contributed by atoms with Gasteiger partial charge in [0.1, 0.15) is 11.6 Å². The van der Waals surface area contributed by atoms with Crippen molar-refractivity contribution in [3.8, 4) is 11.1 Å². The van der Waals surface area contributed by atoms with Crippen LogP contribution in [0.5, 0.6) is 0 Å². The first-order valence-electron chi connectivity index (χ1n) is 8.91. The van der Waals surface area contributed by atoms with E-state index in [-0.39, 0.29) is 12.5 Å². The third-order valence-electron chi connectivity index (χ3n) is 4.83. The van der Waals surface area contributed by atoms with Crippen LogP contribution in [0, 0.1) is 0 Å². The number of rotatable bonds is 6. The first-order chi connectivity index (χ1) is 14.1. The van der Waals surface area contributed by atoms with Gasteiger partial charge in [-0.25, -0.2) is 14.6 Å². The van der Waals surface area contributed by atoms with Crippen LogP contribution >= 0.6 is 23.1 Å². The summed E-state index contributed by atoms with van der Waals surface area (Å²) < 4.78 is 5.54. The van der Waals surface area contributed by atoms with Crippen molar-refractivity contribution in [3.63, 3.8) is 0 Å². The highest BCUT2D eigenvalue weighted by Gasteiger charge is 2.32. The Morgan fingerprint density at radius 2 is 1.79 bits per heavy atom. The molecule has 2 aromatic carbocycles. The highest BCUT2D eigenvalue weighted by molar-refractivity contribution is 8.00. The third-order valence-corrected chi connectivity index (χ3v) is 6.77. The monoisotopic (exact) mass is 426 g/mol. The summed E-state index contributed by atoms with van der Waals surface area (Å²) in [6, 6.07) is 16.1. The molecule has 8 heteroatoms. The number of carboxylic acid groups (broad SMARTS) is 1. The van der Waals surface area contributed by atoms with E-state index in [1.165, 1.54) is 18.4 Å². The molecule has 1 aromatic heterocycles. The first-order valence-corrected chi connectivity index (χ1v) is 10.7. The summed E-state index contributed by atoms with van der Waals surface area (Å²) in [5, 5.41) is 10.7. The van der Waals surface area contributed by atoms with Crippen molar-refractivity contribution in [2.24, 2.45) is 0 Å². The minimum absolute atomic E-state index is 0.0748. The number of carboxylic acids is 1. The van der Waals surface area contributed by atoms with Crippen LogP contribution in [0.25, 0.3) is 11.1 Å². The third kappa shape index (κ3) is 3.86. The van der Waals surface area contributed by atoms with Crippen molar-refractivity contribution in [1.29, 1.82) is 0 Å². The zero-order valence-corrected chi connectivity index (χ0v) is 17.2. The van der Waals surface area contributed by atoms with E-state index in [0.717, 1.165) is 38.9 Å². The van der Waals surface area contributed by atoms with Crippen LogP contribution in [-0.2, 0) is 9.53 Å². The summed E-state index contributed by atoms with van der Waals surface area (Å²) >= 11 is 2.37. The molecule has 6 nitrogen and oxygen atoms in total. The molecule has 1 atom stereocenters. The molecule has 148 valence electrons. The quantitative estimate of drug-likeness (QED) is 0.461. The number of carbonyl (C=O) groups is 2. The van der Waals surface area contributed by atoms with Gasteiger partial charge in [-0.3, -0.25) is 4.90 Å². The zero-order valence-electron chi connectivity index (χ0n) is 15.5. The van der Waals surface area contributed by atoms with E-state index in [4.69, 9.17) is 4.74 Å². The molecule has 0 aliphatic heterocycles. The summed E-state index contributed by atoms with van der Waals surface area (Å²) in [5.74, 6) is -1.20. The standard InChI is InChI=1S/C21H18N2O4S2/c1-23(19(20(24)25)29-18-11-28-12-22-18)21(26)27-10-17-15-8-4-2-6-13(15)14-7-3-5-9-16(14)17/h2-9,11-12,17,19H,10H2,1H3,(H,24,25). The van der Waals surface area contributed by atoms with E-state index in [1.807, 2.05) is 36.4 Å². The number of aliphatic carboxylic acids is 1. The number of fused-ring (bicyclic) bond motifs is 3. The largest absolute Gasteiger partial charge is 0.479 e. The maximum Gasteiger partial charge on any atom is 0.410 e. The van der Waals surface area contributed by atoms with Gasteiger partial charge >= 0.3 is 12.1 Å². The lowest BCUT2D eigenvalue weighted by Gasteiger charge is -2.24. The van der Waals surface area contributed by atoms with Gasteiger partial charge in [0.25, 0.3) is 0 Å². The Morgan fingerprint density at radius 3 is 2.34 bits per heavy atom. The number of benzene rings is 2. The molecule has 0 spiro atoms. The molecule has 1 aliphatic carbocycles. The number of thioether (sulfide) groups is 1. The van der Waals surface area contributed by atoms with Crippen molar-refractivity contribution < 1.29 is 19.4 Å². The fraction of sp³-hybridized carbons (Fsp3) is 0.190. The van der Waals surface area contributed by atoms with Crippen molar-refractivity contribution in [1.82, 2.24) is 9.88 Å². The molecular weight excluding hydrogens is 408 g/mol. The van der Waals surface area contributed by atoms with E-state index >= 15 is 0 Å². The highest BCUT2D eigenvalue weighted by atomic mass is 32.2. The number of carbonyl (C=O) groups excluding carboxylic acids is 1. The van der Waals surface area contributed by atoms with Crippen LogP contribution in [0.4, 0.5) is 4.79 Å². The van der Waals surface area contributed by atoms with E-state index in [0.29, 0.717) is 5.03 Å². The number of likely N-dealkylation sites (N-methyl/N-ethyl adjacent to an activating group) is 1. The van der Waals surface area contributed by atoms with E-state index in [2.05, 4.69) is 17.1 Å². The molecule has 1 heterocycles. The summed E-state index contributed by atoms with van der Waals surface area (Å²) in [6.07, 6.45) is -0.679. The average Bonchev–Trinajstić information content (AvgIpc) is 3.36. The molecular formula is C21H18N2O4S2. The van der Waals surface area contributed by atoms with Gasteiger partial charge < -0.3 is 9.84 Å². The Balaban J connectivity index is 1.48. The minimum Gasteiger partial charge on any atom is -0.479 e. The van der Waals surface area contributed by atoms with Crippen LogP contribution in [0.2, 0.25) is 0 Å². The topological polar surface area (TPSA) is 79.7 Å². The molecule has 1 aliphatic rings. The number of amides is 1. The molecule has 1 amide bonds. The second kappa shape index (κ2) is 8.26. The molecule has 0 saturated heterocycles. The average molecular weight is 427 g/mol. The SMILES string of the molecule is CN(C(=O)OCC1c2ccccc2-c2ccccc21)C(Sc1cscn1)C(=O)O. The van der Waals surface area contributed by atoms with Gasteiger partial charge in [-0.15, -0.1) is 11.3 Å². The summed E-state index contributed by atoms with van der Waals surface area (Å²) in [5.41, 5.74) is 6.11. The Morgan fingerprint density at radius 1 is 1.17 bits per heavy atom. The second-order valence-corrected chi connectivity index (χ2v) is 8.37. The fourth-order valence-corrected chi connectivity index (χ4v) is 5.02. The van der Waals surface area contributed by atoms with Crippen LogP contribution in [0.1, 0.15) is 17.0 Å². The predicted octanol–water partition coefficient (Wildman–Crippen LogP) is 4.53. The maximum absolute atomic E-state index is 12.6. The fourth-order valence-electron chi connectivity index (χ4n) is 3.46. The van der Waals surface area contributed by atoms with E-state index < -0.39 is 17.4 Å². The lowest BCUT2D eigenvalue weighted by molar-refractivity contribution is -0.139. The van der Waals surface area contributed by atoms with Gasteiger partial charge in [-0.05, 0) is 22.3 Å². The van der Waals surface area contributed by atoms with Gasteiger partial charge in [-0.2, -0.15) is 0 Å². The smallest absolute Gasteiger partial charge is 0.410 e. The predicted molar refractivity (Wildman–Crippen MR) is 112 cm³/mol. The van der Waals surface area contributed by atoms with Crippen LogP contribution in [-0.4, -0.2) is 46.1 Å². The normalized spacial score (nSPS) is 13.4. The number of hydrogen-bond donors (Lipinski definition) is 1. The lowest BCUT2D eigenvalue weighted by Crippen LogP contribution is -2.40. The Labute approximate surface area is 176 Å². The molecule has 0 bridgehead atoms. The second-order valence-electron chi connectivity index (χ2n) is 6.55. The summed E-state index contributed by atoms with van der Waals surface area (Å²) in [4.78, 5) is 29.4. The van der Waals surface area contributed by atoms with Gasteiger partial charge in [-0.1, -0.05) is 60.3 Å². The Bertz CT molecular complexity index is 993. The molecule has 0 saturated carbocycles. The zero-order chi connectivity index (χ0) is 20.4. The number of ether oxygens (including phenoxy) is 1. The number of thiazole rings is 1. The summed E-state index contributed by atoms with van der Waals surface area (Å²) in [6.45, 7) is 0.144. The molecule has 1 N–H and O–H groups in total. The minimum atomic E-state index is -1.13. The summed E-state index contributed by atoms with van der Waals surface area (Å²) in [7, 11) is 1.43. The van der Waals surface area contributed by atoms with Crippen LogP contribution in [0.15, 0.2) is 64.4 Å². The maximum atomic E-state index is 12.6. The molecule has 1 unspecified atom stereocenters. The first kappa shape index (κ1) is 19.5. The molecule has 29 heavy (non-hydrogen) atoms. The lowest BCUT2D eigenvalue weighted by atomic mass is 9.98. The Kier molecular flexibility index (Phi) is 5.55. The molecule has 3 aromatic rings. The molecule has 4 rings (SSSR count). The van der Waals surface area contributed by atoms with E-state index in [1.54, 1.807) is 10.9 Å².